The first-order valence-corrected chi connectivity index (χ1v) is 9.78. The van der Waals surface area contributed by atoms with Gasteiger partial charge in [0.15, 0.2) is 11.1 Å². The molecule has 2 aromatic carbocycles. The minimum absolute atomic E-state index is 0.0612. The van der Waals surface area contributed by atoms with Crippen molar-refractivity contribution < 1.29 is 18.0 Å². The molecule has 4 N–H and O–H groups in total. The highest BCUT2D eigenvalue weighted by atomic mass is 35.5. The average molecular weight is 481 g/mol. The van der Waals surface area contributed by atoms with Crippen molar-refractivity contribution in [3.05, 3.63) is 52.5 Å². The van der Waals surface area contributed by atoms with Gasteiger partial charge < -0.3 is 16.0 Å². The van der Waals surface area contributed by atoms with Crippen LogP contribution >= 0.6 is 23.8 Å². The molecule has 1 fully saturated rings. The maximum absolute atomic E-state index is 13.4. The van der Waals surface area contributed by atoms with Gasteiger partial charge in [0.25, 0.3) is 5.91 Å². The lowest BCUT2D eigenvalue weighted by atomic mass is 10.0. The maximum atomic E-state index is 13.4. The second-order valence-electron chi connectivity index (χ2n) is 7.36. The van der Waals surface area contributed by atoms with E-state index >= 15 is 0 Å². The summed E-state index contributed by atoms with van der Waals surface area (Å²) in [5, 5.41) is 19.2. The normalized spacial score (nSPS) is 15.7. The fourth-order valence-electron chi connectivity index (χ4n) is 3.35. The molecular weight excluding hydrogens is 465 g/mol. The number of thiocarbonyl (C=S) groups is 1. The van der Waals surface area contributed by atoms with Crippen LogP contribution in [0.25, 0.3) is 0 Å². The van der Waals surface area contributed by atoms with E-state index in [1.54, 1.807) is 19.9 Å². The number of nitriles is 1. The van der Waals surface area contributed by atoms with Gasteiger partial charge in [-0.05, 0) is 62.5 Å². The largest absolute Gasteiger partial charge is 0.417 e. The van der Waals surface area contributed by atoms with Gasteiger partial charge in [0.05, 0.1) is 33.6 Å². The van der Waals surface area contributed by atoms with Gasteiger partial charge >= 0.3 is 6.18 Å². The second-order valence-corrected chi connectivity index (χ2v) is 8.13. The van der Waals surface area contributed by atoms with E-state index in [-0.39, 0.29) is 21.8 Å². The summed E-state index contributed by atoms with van der Waals surface area (Å²) in [7, 11) is 0. The minimum Gasteiger partial charge on any atom is -0.370 e. The molecule has 0 radical (unpaired) electrons. The van der Waals surface area contributed by atoms with E-state index in [2.05, 4.69) is 5.32 Å². The third kappa shape index (κ3) is 3.94. The summed E-state index contributed by atoms with van der Waals surface area (Å²) < 4.78 is 40.3. The van der Waals surface area contributed by atoms with Crippen LogP contribution in [0.3, 0.4) is 0 Å². The third-order valence-electron chi connectivity index (χ3n) is 4.83. The molecule has 0 bridgehead atoms. The molecule has 7 nitrogen and oxygen atoms in total. The van der Waals surface area contributed by atoms with Crippen molar-refractivity contribution in [2.24, 2.45) is 5.73 Å². The van der Waals surface area contributed by atoms with Crippen molar-refractivity contribution in [1.29, 1.82) is 10.7 Å². The van der Waals surface area contributed by atoms with E-state index in [4.69, 9.17) is 40.2 Å². The molecule has 0 saturated carbocycles. The molecule has 1 amide bonds. The van der Waals surface area contributed by atoms with E-state index < -0.39 is 28.7 Å². The number of nitrogens with zero attached hydrogens (tertiary/aromatic N) is 3. The molecule has 1 heterocycles. The smallest absolute Gasteiger partial charge is 0.370 e. The Hall–Kier alpha value is -3.36. The van der Waals surface area contributed by atoms with Gasteiger partial charge in [-0.25, -0.2) is 0 Å². The molecule has 32 heavy (non-hydrogen) atoms. The van der Waals surface area contributed by atoms with Crippen molar-refractivity contribution in [2.45, 2.75) is 25.6 Å². The summed E-state index contributed by atoms with van der Waals surface area (Å²) in [5.41, 5.74) is 2.97. The Morgan fingerprint density at radius 3 is 2.44 bits per heavy atom. The number of nitrogens with one attached hydrogen (secondary N) is 2. The van der Waals surface area contributed by atoms with Gasteiger partial charge in [0.2, 0.25) is 0 Å². The van der Waals surface area contributed by atoms with Crippen molar-refractivity contribution in [1.82, 2.24) is 0 Å². The zero-order valence-electron chi connectivity index (χ0n) is 16.7. The molecule has 2 aromatic rings. The number of carbonyl (C=O) groups excluding carboxylic acids is 1. The predicted molar refractivity (Wildman–Crippen MR) is 120 cm³/mol. The number of hydrogen-bond donors (Lipinski definition) is 3. The summed E-state index contributed by atoms with van der Waals surface area (Å²) in [6.07, 6.45) is -4.79. The highest BCUT2D eigenvalue weighted by molar-refractivity contribution is 7.81. The Morgan fingerprint density at radius 2 is 1.88 bits per heavy atom. The lowest BCUT2D eigenvalue weighted by molar-refractivity contribution is -0.137. The Labute approximate surface area is 191 Å². The lowest BCUT2D eigenvalue weighted by Crippen LogP contribution is -2.44. The summed E-state index contributed by atoms with van der Waals surface area (Å²) in [6, 6.07) is 9.09. The van der Waals surface area contributed by atoms with Crippen LogP contribution in [0.5, 0.6) is 0 Å². The minimum atomic E-state index is -4.79. The zero-order chi connectivity index (χ0) is 24.0. The number of hydrogen-bond acceptors (Lipinski definition) is 4. The number of halogens is 4. The van der Waals surface area contributed by atoms with Gasteiger partial charge in [-0.2, -0.15) is 18.4 Å². The number of alkyl halides is 3. The number of benzene rings is 2. The van der Waals surface area contributed by atoms with Gasteiger partial charge in [-0.15, -0.1) is 0 Å². The van der Waals surface area contributed by atoms with Crippen LogP contribution in [0, 0.1) is 16.7 Å². The SMILES string of the molecule is CC1(C)C(=O)N(c2ccc(C#N)c(C(F)(F)F)c2)C(=S)N1c1ccc(Cl)c(NC(=N)N)c1. The summed E-state index contributed by atoms with van der Waals surface area (Å²) in [5.74, 6) is -0.918. The number of carbonyl (C=O) groups is 1. The highest BCUT2D eigenvalue weighted by Gasteiger charge is 2.50. The fourth-order valence-corrected chi connectivity index (χ4v) is 4.04. The molecule has 0 aromatic heterocycles. The van der Waals surface area contributed by atoms with Crippen molar-refractivity contribution in [2.75, 3.05) is 15.1 Å². The average Bonchev–Trinajstić information content (AvgIpc) is 2.86. The molecule has 12 heteroatoms. The first-order chi connectivity index (χ1) is 14.8. The Kier molecular flexibility index (Phi) is 5.80. The van der Waals surface area contributed by atoms with E-state index in [0.29, 0.717) is 11.4 Å². The van der Waals surface area contributed by atoms with Gasteiger partial charge in [0, 0.05) is 5.69 Å². The maximum Gasteiger partial charge on any atom is 0.417 e. The molecule has 0 spiro atoms. The van der Waals surface area contributed by atoms with E-state index in [9.17, 15) is 18.0 Å². The molecule has 1 aliphatic rings. The van der Waals surface area contributed by atoms with Crippen LogP contribution in [0.2, 0.25) is 5.02 Å². The lowest BCUT2D eigenvalue weighted by Gasteiger charge is -2.30. The molecule has 1 saturated heterocycles. The van der Waals surface area contributed by atoms with E-state index in [1.807, 2.05) is 0 Å². The van der Waals surface area contributed by atoms with Crippen LogP contribution in [-0.2, 0) is 11.0 Å². The third-order valence-corrected chi connectivity index (χ3v) is 5.53. The topological polar surface area (TPSA) is 109 Å². The van der Waals surface area contributed by atoms with Crippen LogP contribution in [0.1, 0.15) is 25.0 Å². The quantitative estimate of drug-likeness (QED) is 0.340. The number of amides is 1. The monoisotopic (exact) mass is 480 g/mol. The number of guanidine groups is 1. The molecule has 0 unspecified atom stereocenters. The van der Waals surface area contributed by atoms with Crippen LogP contribution in [0.4, 0.5) is 30.2 Å². The molecule has 0 aliphatic carbocycles. The van der Waals surface area contributed by atoms with Gasteiger partial charge in [0.1, 0.15) is 5.54 Å². The molecule has 3 rings (SSSR count). The molecule has 1 aliphatic heterocycles. The number of nitrogens with two attached hydrogens (primary N) is 1. The number of rotatable bonds is 3. The second kappa shape index (κ2) is 7.96. The van der Waals surface area contributed by atoms with E-state index in [1.165, 1.54) is 29.2 Å². The standard InChI is InChI=1S/C20H16ClF3N6OS/c1-19(2)16(31)29(11-4-3-10(9-25)13(7-11)20(22,23)24)18(32)30(19)12-5-6-14(21)15(8-12)28-17(26)27/h3-8H,1-2H3,(H4,26,27,28). The van der Waals surface area contributed by atoms with E-state index in [0.717, 1.165) is 17.0 Å². The summed E-state index contributed by atoms with van der Waals surface area (Å²) >= 11 is 11.6. The van der Waals surface area contributed by atoms with Crippen molar-refractivity contribution >= 4 is 57.9 Å². The van der Waals surface area contributed by atoms with Gasteiger partial charge in [-0.3, -0.25) is 15.1 Å². The van der Waals surface area contributed by atoms with Crippen molar-refractivity contribution in [3.63, 3.8) is 0 Å². The van der Waals surface area contributed by atoms with Crippen LogP contribution < -0.4 is 20.9 Å². The molecule has 0 atom stereocenters. The van der Waals surface area contributed by atoms with Crippen LogP contribution in [-0.4, -0.2) is 22.5 Å². The summed E-state index contributed by atoms with van der Waals surface area (Å²) in [6.45, 7) is 3.14. The zero-order valence-corrected chi connectivity index (χ0v) is 18.3. The van der Waals surface area contributed by atoms with Gasteiger partial charge in [-0.1, -0.05) is 11.6 Å². The first-order valence-electron chi connectivity index (χ1n) is 8.99. The Bertz CT molecular complexity index is 1190. The summed E-state index contributed by atoms with van der Waals surface area (Å²) in [4.78, 5) is 15.7. The van der Waals surface area contributed by atoms with Crippen LogP contribution in [0.15, 0.2) is 36.4 Å². The highest BCUT2D eigenvalue weighted by Crippen LogP contribution is 2.40. The molecule has 166 valence electrons. The number of anilines is 3. The fraction of sp³-hybridized carbons (Fsp3) is 0.200. The Morgan fingerprint density at radius 1 is 1.25 bits per heavy atom. The predicted octanol–water partition coefficient (Wildman–Crippen LogP) is 4.45. The Balaban J connectivity index is 2.11. The first kappa shape index (κ1) is 23.3. The van der Waals surface area contributed by atoms with Crippen molar-refractivity contribution in [3.8, 4) is 6.07 Å². The molecular formula is C20H16ClF3N6OS.